The van der Waals surface area contributed by atoms with E-state index >= 15 is 0 Å². The fourth-order valence-electron chi connectivity index (χ4n) is 4.28. The van der Waals surface area contributed by atoms with Gasteiger partial charge < -0.3 is 11.1 Å². The summed E-state index contributed by atoms with van der Waals surface area (Å²) in [7, 11) is 0. The van der Waals surface area contributed by atoms with E-state index in [1.165, 1.54) is 38.5 Å². The number of nitrogen functional groups attached to an aromatic ring is 1. The molecule has 1 amide bonds. The molecule has 1 fully saturated rings. The van der Waals surface area contributed by atoms with Gasteiger partial charge in [0, 0.05) is 25.6 Å². The van der Waals surface area contributed by atoms with Crippen LogP contribution in [0.15, 0.2) is 54.7 Å². The number of nitrogens with one attached hydrogen (secondary N) is 1. The van der Waals surface area contributed by atoms with Gasteiger partial charge >= 0.3 is 0 Å². The molecule has 3 aromatic rings. The van der Waals surface area contributed by atoms with E-state index in [1.54, 1.807) is 0 Å². The zero-order valence-electron chi connectivity index (χ0n) is 18.0. The van der Waals surface area contributed by atoms with Crippen LogP contribution >= 0.6 is 0 Å². The quantitative estimate of drug-likeness (QED) is 0.501. The Bertz CT molecular complexity index is 992. The molecule has 6 nitrogen and oxygen atoms in total. The van der Waals surface area contributed by atoms with E-state index in [4.69, 9.17) is 5.73 Å². The van der Waals surface area contributed by atoms with Gasteiger partial charge in [0.2, 0.25) is 5.91 Å². The third kappa shape index (κ3) is 5.94. The first kappa shape index (κ1) is 21.1. The van der Waals surface area contributed by atoms with Gasteiger partial charge in [0.15, 0.2) is 0 Å². The normalized spacial score (nSPS) is 14.5. The second-order valence-corrected chi connectivity index (χ2v) is 8.48. The molecule has 0 unspecified atom stereocenters. The van der Waals surface area contributed by atoms with Crippen LogP contribution in [0.2, 0.25) is 0 Å². The second kappa shape index (κ2) is 10.2. The van der Waals surface area contributed by atoms with E-state index in [0.717, 1.165) is 29.3 Å². The summed E-state index contributed by atoms with van der Waals surface area (Å²) in [5, 5.41) is 11.4. The topological polar surface area (TPSA) is 85.8 Å². The van der Waals surface area contributed by atoms with Gasteiger partial charge in [-0.15, -0.1) is 5.10 Å². The molecule has 0 spiro atoms. The van der Waals surface area contributed by atoms with E-state index in [0.29, 0.717) is 24.2 Å². The summed E-state index contributed by atoms with van der Waals surface area (Å²) in [6, 6.07) is 15.8. The van der Waals surface area contributed by atoms with E-state index in [2.05, 4.69) is 15.6 Å². The van der Waals surface area contributed by atoms with E-state index in [1.807, 2.05) is 59.4 Å². The Morgan fingerprint density at radius 3 is 2.68 bits per heavy atom. The number of aryl methyl sites for hydroxylation is 2. The van der Waals surface area contributed by atoms with Crippen LogP contribution in [0.4, 0.5) is 11.4 Å². The van der Waals surface area contributed by atoms with Gasteiger partial charge in [-0.3, -0.25) is 9.48 Å². The number of aromatic nitrogens is 3. The van der Waals surface area contributed by atoms with Crippen molar-refractivity contribution in [1.82, 2.24) is 15.0 Å². The van der Waals surface area contributed by atoms with Crippen LogP contribution in [0, 0.1) is 5.92 Å². The fourth-order valence-corrected chi connectivity index (χ4v) is 4.28. The summed E-state index contributed by atoms with van der Waals surface area (Å²) in [6.45, 7) is 0.909. The maximum atomic E-state index is 12.5. The number of carbonyl (C=O) groups excluding carboxylic acids is 1. The predicted molar refractivity (Wildman–Crippen MR) is 124 cm³/mol. The number of hydrogen-bond acceptors (Lipinski definition) is 4. The molecular weight excluding hydrogens is 386 g/mol. The summed E-state index contributed by atoms with van der Waals surface area (Å²) in [4.78, 5) is 12.5. The zero-order chi connectivity index (χ0) is 21.5. The minimum absolute atomic E-state index is 0.0753. The SMILES string of the molecule is Nc1ccc(-c2ccccc2)cc1NC(=O)CCc1cn(CCC2CCCCC2)nn1. The number of nitrogens with two attached hydrogens (primary N) is 1. The van der Waals surface area contributed by atoms with Crippen molar-refractivity contribution in [3.8, 4) is 11.1 Å². The summed E-state index contributed by atoms with van der Waals surface area (Å²) in [5.74, 6) is 0.748. The highest BCUT2D eigenvalue weighted by molar-refractivity contribution is 5.95. The number of carbonyl (C=O) groups is 1. The number of hydrogen-bond donors (Lipinski definition) is 2. The largest absolute Gasteiger partial charge is 0.397 e. The average Bonchev–Trinajstić information content (AvgIpc) is 3.27. The third-order valence-electron chi connectivity index (χ3n) is 6.12. The first-order chi connectivity index (χ1) is 15.2. The Kier molecular flexibility index (Phi) is 6.97. The molecule has 0 saturated heterocycles. The van der Waals surface area contributed by atoms with Crippen LogP contribution in [0.3, 0.4) is 0 Å². The third-order valence-corrected chi connectivity index (χ3v) is 6.12. The molecule has 0 atom stereocenters. The second-order valence-electron chi connectivity index (χ2n) is 8.48. The monoisotopic (exact) mass is 417 g/mol. The standard InChI is InChI=1S/C25H31N5O/c26-23-13-11-21(20-9-5-2-6-10-20)17-24(23)27-25(31)14-12-22-18-30(29-28-22)16-15-19-7-3-1-4-8-19/h2,5-6,9-11,13,17-19H,1,3-4,7-8,12,14-16,26H2,(H,27,31). The fraction of sp³-hybridized carbons (Fsp3) is 0.400. The lowest BCUT2D eigenvalue weighted by Gasteiger charge is -2.20. The van der Waals surface area contributed by atoms with E-state index < -0.39 is 0 Å². The predicted octanol–water partition coefficient (Wildman–Crippen LogP) is 5.07. The Labute approximate surface area is 183 Å². The first-order valence-corrected chi connectivity index (χ1v) is 11.3. The van der Waals surface area contributed by atoms with Crippen LogP contribution in [0.5, 0.6) is 0 Å². The van der Waals surface area contributed by atoms with Gasteiger partial charge in [0.1, 0.15) is 0 Å². The van der Waals surface area contributed by atoms with Crippen molar-refractivity contribution in [2.75, 3.05) is 11.1 Å². The van der Waals surface area contributed by atoms with Crippen molar-refractivity contribution in [3.05, 3.63) is 60.4 Å². The smallest absolute Gasteiger partial charge is 0.224 e. The molecule has 0 bridgehead atoms. The molecule has 3 N–H and O–H groups in total. The number of amides is 1. The van der Waals surface area contributed by atoms with Crippen LogP contribution in [-0.4, -0.2) is 20.9 Å². The van der Waals surface area contributed by atoms with Gasteiger partial charge in [-0.2, -0.15) is 0 Å². The van der Waals surface area contributed by atoms with Gasteiger partial charge in [-0.05, 0) is 35.6 Å². The lowest BCUT2D eigenvalue weighted by Crippen LogP contribution is -2.13. The minimum Gasteiger partial charge on any atom is -0.397 e. The van der Waals surface area contributed by atoms with Crippen molar-refractivity contribution in [2.45, 2.75) is 57.9 Å². The molecule has 1 aromatic heterocycles. The Balaban J connectivity index is 1.28. The lowest BCUT2D eigenvalue weighted by atomic mass is 9.87. The van der Waals surface area contributed by atoms with Gasteiger partial charge in [0.25, 0.3) is 0 Å². The Morgan fingerprint density at radius 2 is 1.87 bits per heavy atom. The van der Waals surface area contributed by atoms with Crippen molar-refractivity contribution in [3.63, 3.8) is 0 Å². The number of nitrogens with zero attached hydrogens (tertiary/aromatic N) is 3. The number of rotatable bonds is 8. The van der Waals surface area contributed by atoms with Crippen LogP contribution < -0.4 is 11.1 Å². The van der Waals surface area contributed by atoms with Crippen molar-refractivity contribution in [1.29, 1.82) is 0 Å². The molecule has 1 heterocycles. The minimum atomic E-state index is -0.0753. The molecule has 31 heavy (non-hydrogen) atoms. The number of benzene rings is 2. The molecule has 2 aromatic carbocycles. The van der Waals surface area contributed by atoms with Gasteiger partial charge in [-0.1, -0.05) is 73.7 Å². The molecule has 1 aliphatic carbocycles. The van der Waals surface area contributed by atoms with Crippen LogP contribution in [0.25, 0.3) is 11.1 Å². The number of anilines is 2. The van der Waals surface area contributed by atoms with Crippen molar-refractivity contribution >= 4 is 17.3 Å². The van der Waals surface area contributed by atoms with Gasteiger partial charge in [0.05, 0.1) is 17.1 Å². The average molecular weight is 418 g/mol. The molecule has 1 aliphatic rings. The molecule has 0 radical (unpaired) electrons. The molecule has 6 heteroatoms. The highest BCUT2D eigenvalue weighted by Gasteiger charge is 2.14. The molecule has 1 saturated carbocycles. The lowest BCUT2D eigenvalue weighted by molar-refractivity contribution is -0.116. The van der Waals surface area contributed by atoms with Crippen molar-refractivity contribution < 1.29 is 4.79 Å². The van der Waals surface area contributed by atoms with Gasteiger partial charge in [-0.25, -0.2) is 0 Å². The molecular formula is C25H31N5O. The Morgan fingerprint density at radius 1 is 1.06 bits per heavy atom. The molecule has 0 aliphatic heterocycles. The maximum absolute atomic E-state index is 12.5. The molecule has 4 rings (SSSR count). The maximum Gasteiger partial charge on any atom is 0.224 e. The van der Waals surface area contributed by atoms with Crippen molar-refractivity contribution in [2.24, 2.45) is 5.92 Å². The highest BCUT2D eigenvalue weighted by Crippen LogP contribution is 2.28. The Hall–Kier alpha value is -3.15. The molecule has 162 valence electrons. The highest BCUT2D eigenvalue weighted by atomic mass is 16.1. The van der Waals surface area contributed by atoms with E-state index in [-0.39, 0.29) is 5.91 Å². The van der Waals surface area contributed by atoms with Crippen LogP contribution in [0.1, 0.15) is 50.6 Å². The summed E-state index contributed by atoms with van der Waals surface area (Å²) >= 11 is 0. The summed E-state index contributed by atoms with van der Waals surface area (Å²) < 4.78 is 1.92. The van der Waals surface area contributed by atoms with E-state index in [9.17, 15) is 4.79 Å². The summed E-state index contributed by atoms with van der Waals surface area (Å²) in [5.41, 5.74) is 10.2. The summed E-state index contributed by atoms with van der Waals surface area (Å²) in [6.07, 6.45) is 10.8. The zero-order valence-corrected chi connectivity index (χ0v) is 18.0. The first-order valence-electron chi connectivity index (χ1n) is 11.3. The van der Waals surface area contributed by atoms with Crippen LogP contribution in [-0.2, 0) is 17.8 Å².